The maximum atomic E-state index is 14.2. The van der Waals surface area contributed by atoms with Crippen LogP contribution in [0.25, 0.3) is 0 Å². The van der Waals surface area contributed by atoms with E-state index in [1.807, 2.05) is 0 Å². The molecule has 0 radical (unpaired) electrons. The van der Waals surface area contributed by atoms with Gasteiger partial charge in [-0.2, -0.15) is 0 Å². The van der Waals surface area contributed by atoms with Crippen molar-refractivity contribution in [3.05, 3.63) is 11.6 Å². The van der Waals surface area contributed by atoms with Gasteiger partial charge >= 0.3 is 0 Å². The third-order valence-corrected chi connectivity index (χ3v) is 7.99. The molecule has 0 saturated heterocycles. The number of alkyl halides is 1. The smallest absolute Gasteiger partial charge is 0.127 e. The van der Waals surface area contributed by atoms with E-state index in [1.165, 1.54) is 5.57 Å². The van der Waals surface area contributed by atoms with Crippen LogP contribution < -0.4 is 0 Å². The van der Waals surface area contributed by atoms with Gasteiger partial charge in [-0.15, -0.1) is 0 Å². The van der Waals surface area contributed by atoms with E-state index < -0.39 is 12.3 Å². The Hall–Kier alpha value is -0.410. The minimum Gasteiger partial charge on any atom is -0.390 e. The topological polar surface area (TPSA) is 40.5 Å². The molecular weight excluding hydrogens is 279 g/mol. The van der Waals surface area contributed by atoms with E-state index in [0.717, 1.165) is 38.5 Å². The van der Waals surface area contributed by atoms with Gasteiger partial charge in [0.1, 0.15) is 6.17 Å². The van der Waals surface area contributed by atoms with Gasteiger partial charge in [0.25, 0.3) is 0 Å². The molecule has 3 fully saturated rings. The van der Waals surface area contributed by atoms with Crippen molar-refractivity contribution in [2.45, 2.75) is 77.2 Å². The number of rotatable bonds is 0. The molecule has 4 aliphatic rings. The van der Waals surface area contributed by atoms with Gasteiger partial charge < -0.3 is 10.2 Å². The van der Waals surface area contributed by atoms with E-state index in [1.54, 1.807) is 0 Å². The van der Waals surface area contributed by atoms with Gasteiger partial charge in [-0.3, -0.25) is 0 Å². The first kappa shape index (κ1) is 15.1. The second-order valence-corrected chi connectivity index (χ2v) is 8.84. The Morgan fingerprint density at radius 1 is 1.14 bits per heavy atom. The summed E-state index contributed by atoms with van der Waals surface area (Å²) in [5.74, 6) is 1.33. The molecule has 124 valence electrons. The normalized spacial score (nSPS) is 57.6. The number of fused-ring (bicyclic) bond motifs is 5. The maximum Gasteiger partial charge on any atom is 0.127 e. The number of hydrogen-bond acceptors (Lipinski definition) is 2. The molecule has 0 aromatic rings. The van der Waals surface area contributed by atoms with Crippen LogP contribution in [-0.2, 0) is 0 Å². The number of hydrogen-bond donors (Lipinski definition) is 2. The fraction of sp³-hybridized carbons (Fsp3) is 0.895. The SMILES string of the molecule is C[C@]12CCC[C@@H](O)C1=CC[C@@H]1[C@@H]2CC[C@]2(C)C(O)[C@H](F)C[C@@H]12. The lowest BCUT2D eigenvalue weighted by Gasteiger charge is -2.57. The molecule has 22 heavy (non-hydrogen) atoms. The molecule has 3 saturated carbocycles. The van der Waals surface area contributed by atoms with Crippen LogP contribution in [0.5, 0.6) is 0 Å². The van der Waals surface area contributed by atoms with Crippen molar-refractivity contribution in [3.8, 4) is 0 Å². The quantitative estimate of drug-likeness (QED) is 0.671. The zero-order valence-electron chi connectivity index (χ0n) is 13.8. The fourth-order valence-corrected chi connectivity index (χ4v) is 6.73. The Kier molecular flexibility index (Phi) is 3.30. The monoisotopic (exact) mass is 308 g/mol. The molecule has 0 spiro atoms. The predicted octanol–water partition coefficient (Wildman–Crippen LogP) is 3.62. The standard InChI is InChI=1S/C19H29FO2/c1-18-8-3-4-16(21)13(18)6-5-11-12(18)7-9-19(2)14(11)10-15(20)17(19)22/h6,11-12,14-17,21-22H,3-5,7-10H2,1-2H3/t11-,12+,14+,15-,16-,17?,18-,19+/m1/s1. The molecule has 2 nitrogen and oxygen atoms in total. The molecule has 1 unspecified atom stereocenters. The van der Waals surface area contributed by atoms with Crippen LogP contribution in [0.4, 0.5) is 4.39 Å². The summed E-state index contributed by atoms with van der Waals surface area (Å²) in [6, 6.07) is 0. The van der Waals surface area contributed by atoms with E-state index in [9.17, 15) is 14.6 Å². The van der Waals surface area contributed by atoms with E-state index in [4.69, 9.17) is 0 Å². The largest absolute Gasteiger partial charge is 0.390 e. The van der Waals surface area contributed by atoms with Crippen molar-refractivity contribution in [1.82, 2.24) is 0 Å². The van der Waals surface area contributed by atoms with Crippen LogP contribution in [0.2, 0.25) is 0 Å². The van der Waals surface area contributed by atoms with Crippen LogP contribution in [0, 0.1) is 28.6 Å². The maximum absolute atomic E-state index is 14.2. The van der Waals surface area contributed by atoms with Crippen LogP contribution in [0.1, 0.15) is 58.8 Å². The fourth-order valence-electron chi connectivity index (χ4n) is 6.73. The average molecular weight is 308 g/mol. The molecule has 3 heteroatoms. The summed E-state index contributed by atoms with van der Waals surface area (Å²) in [6.45, 7) is 4.44. The van der Waals surface area contributed by atoms with E-state index in [2.05, 4.69) is 19.9 Å². The van der Waals surface area contributed by atoms with Crippen molar-refractivity contribution in [1.29, 1.82) is 0 Å². The summed E-state index contributed by atoms with van der Waals surface area (Å²) < 4.78 is 14.2. The molecule has 0 aromatic carbocycles. The van der Waals surface area contributed by atoms with Gasteiger partial charge in [0, 0.05) is 0 Å². The third-order valence-electron chi connectivity index (χ3n) is 7.99. The molecule has 2 N–H and O–H groups in total. The highest BCUT2D eigenvalue weighted by atomic mass is 19.1. The summed E-state index contributed by atoms with van der Waals surface area (Å²) in [5, 5.41) is 20.8. The van der Waals surface area contributed by atoms with Crippen molar-refractivity contribution in [3.63, 3.8) is 0 Å². The van der Waals surface area contributed by atoms with E-state index in [-0.39, 0.29) is 16.9 Å². The van der Waals surface area contributed by atoms with Crippen molar-refractivity contribution in [2.24, 2.45) is 28.6 Å². The minimum atomic E-state index is -1.05. The third kappa shape index (κ3) is 1.78. The zero-order valence-corrected chi connectivity index (χ0v) is 13.8. The van der Waals surface area contributed by atoms with Gasteiger partial charge in [0.2, 0.25) is 0 Å². The van der Waals surface area contributed by atoms with Crippen LogP contribution in [-0.4, -0.2) is 28.6 Å². The number of aliphatic hydroxyl groups is 2. The van der Waals surface area contributed by atoms with Crippen molar-refractivity contribution >= 4 is 0 Å². The van der Waals surface area contributed by atoms with E-state index >= 15 is 0 Å². The Balaban J connectivity index is 1.71. The lowest BCUT2D eigenvalue weighted by atomic mass is 9.48. The summed E-state index contributed by atoms with van der Waals surface area (Å²) in [5.41, 5.74) is 1.12. The van der Waals surface area contributed by atoms with Crippen LogP contribution in [0.15, 0.2) is 11.6 Å². The van der Waals surface area contributed by atoms with Gasteiger partial charge in [-0.1, -0.05) is 19.9 Å². The van der Waals surface area contributed by atoms with Gasteiger partial charge in [0.15, 0.2) is 0 Å². The summed E-state index contributed by atoms with van der Waals surface area (Å²) >= 11 is 0. The molecule has 4 rings (SSSR count). The number of allylic oxidation sites excluding steroid dienone is 1. The first-order valence-electron chi connectivity index (χ1n) is 9.08. The molecule has 0 amide bonds. The second kappa shape index (κ2) is 4.80. The van der Waals surface area contributed by atoms with Crippen molar-refractivity contribution < 1.29 is 14.6 Å². The molecule has 0 aromatic heterocycles. The molecular formula is C19H29FO2. The number of halogens is 1. The zero-order chi connectivity index (χ0) is 15.7. The van der Waals surface area contributed by atoms with Crippen molar-refractivity contribution in [2.75, 3.05) is 0 Å². The highest BCUT2D eigenvalue weighted by Crippen LogP contribution is 2.65. The van der Waals surface area contributed by atoms with Gasteiger partial charge in [-0.05, 0) is 79.1 Å². The molecule has 8 atom stereocenters. The molecule has 4 aliphatic carbocycles. The van der Waals surface area contributed by atoms with E-state index in [0.29, 0.717) is 24.2 Å². The highest BCUT2D eigenvalue weighted by Gasteiger charge is 2.61. The first-order chi connectivity index (χ1) is 10.4. The number of aliphatic hydroxyl groups excluding tert-OH is 2. The molecule has 0 heterocycles. The van der Waals surface area contributed by atoms with Crippen LogP contribution in [0.3, 0.4) is 0 Å². The lowest BCUT2D eigenvalue weighted by Crippen LogP contribution is -2.52. The molecule has 0 aliphatic heterocycles. The van der Waals surface area contributed by atoms with Gasteiger partial charge in [-0.25, -0.2) is 4.39 Å². The second-order valence-electron chi connectivity index (χ2n) is 8.84. The Morgan fingerprint density at radius 2 is 1.91 bits per heavy atom. The Morgan fingerprint density at radius 3 is 2.68 bits per heavy atom. The summed E-state index contributed by atoms with van der Waals surface area (Å²) in [4.78, 5) is 0. The minimum absolute atomic E-state index is 0.0985. The average Bonchev–Trinajstić information content (AvgIpc) is 2.71. The van der Waals surface area contributed by atoms with Crippen LogP contribution >= 0.6 is 0 Å². The Labute approximate surface area is 132 Å². The lowest BCUT2D eigenvalue weighted by molar-refractivity contribution is -0.0776. The Bertz CT molecular complexity index is 504. The van der Waals surface area contributed by atoms with Gasteiger partial charge in [0.05, 0.1) is 12.2 Å². The predicted molar refractivity (Wildman–Crippen MR) is 84.0 cm³/mol. The summed E-state index contributed by atoms with van der Waals surface area (Å²) in [6.07, 6.45) is 6.80. The summed E-state index contributed by atoms with van der Waals surface area (Å²) in [7, 11) is 0. The highest BCUT2D eigenvalue weighted by molar-refractivity contribution is 5.27. The molecule has 0 bridgehead atoms. The first-order valence-corrected chi connectivity index (χ1v) is 9.08.